The highest BCUT2D eigenvalue weighted by atomic mass is 19.4. The van der Waals surface area contributed by atoms with Crippen LogP contribution < -0.4 is 16.4 Å². The highest BCUT2D eigenvalue weighted by molar-refractivity contribution is 5.96. The summed E-state index contributed by atoms with van der Waals surface area (Å²) in [6.07, 6.45) is 1.68. The van der Waals surface area contributed by atoms with Gasteiger partial charge >= 0.3 is 6.18 Å². The molecule has 1 aliphatic carbocycles. The molecule has 1 saturated carbocycles. The first-order chi connectivity index (χ1) is 16.2. The van der Waals surface area contributed by atoms with Crippen molar-refractivity contribution in [1.82, 2.24) is 20.5 Å². The van der Waals surface area contributed by atoms with Crippen LogP contribution in [0.3, 0.4) is 0 Å². The number of nitrogens with zero attached hydrogens (tertiary/aromatic N) is 2. The number of carbonyl (C=O) groups excluding carboxylic acids is 2. The Labute approximate surface area is 195 Å². The molecule has 1 aromatic carbocycles. The van der Waals surface area contributed by atoms with Crippen LogP contribution in [0, 0.1) is 0 Å². The van der Waals surface area contributed by atoms with Crippen LogP contribution in [0.25, 0.3) is 0 Å². The van der Waals surface area contributed by atoms with Gasteiger partial charge in [0.15, 0.2) is 0 Å². The first kappa shape index (κ1) is 24.0. The number of alkyl halides is 3. The van der Waals surface area contributed by atoms with E-state index >= 15 is 0 Å². The molecule has 2 heterocycles. The van der Waals surface area contributed by atoms with Crippen molar-refractivity contribution in [2.45, 2.75) is 49.9 Å². The van der Waals surface area contributed by atoms with Crippen LogP contribution in [0.5, 0.6) is 0 Å². The molecule has 4 rings (SSSR count). The molecule has 34 heavy (non-hydrogen) atoms. The molecule has 2 aliphatic rings. The van der Waals surface area contributed by atoms with E-state index in [-0.39, 0.29) is 24.1 Å². The molecule has 1 aliphatic heterocycles. The van der Waals surface area contributed by atoms with Gasteiger partial charge in [0.25, 0.3) is 5.91 Å². The van der Waals surface area contributed by atoms with Gasteiger partial charge in [0, 0.05) is 30.9 Å². The molecule has 1 saturated heterocycles. The lowest BCUT2D eigenvalue weighted by molar-refractivity contribution is -0.137. The number of nitrogens with two attached hydrogens (primary N) is 1. The second kappa shape index (κ2) is 10.0. The van der Waals surface area contributed by atoms with E-state index in [1.807, 2.05) is 18.3 Å². The average molecular weight is 476 g/mol. The van der Waals surface area contributed by atoms with Crippen LogP contribution in [-0.4, -0.2) is 53.4 Å². The Balaban J connectivity index is 1.15. The largest absolute Gasteiger partial charge is 0.416 e. The molecule has 2 aromatic rings. The Hall–Kier alpha value is -3.14. The fourth-order valence-corrected chi connectivity index (χ4v) is 4.71. The molecule has 0 bridgehead atoms. The van der Waals surface area contributed by atoms with Gasteiger partial charge in [-0.05, 0) is 61.4 Å². The number of rotatable bonds is 6. The number of anilines is 1. The molecular weight excluding hydrogens is 447 g/mol. The van der Waals surface area contributed by atoms with Crippen molar-refractivity contribution in [1.29, 1.82) is 0 Å². The molecule has 2 amide bonds. The van der Waals surface area contributed by atoms with Crippen molar-refractivity contribution in [2.24, 2.45) is 0 Å². The molecule has 0 radical (unpaired) electrons. The van der Waals surface area contributed by atoms with Crippen molar-refractivity contribution in [2.75, 3.05) is 25.4 Å². The molecule has 10 heteroatoms. The van der Waals surface area contributed by atoms with Gasteiger partial charge in [0.05, 0.1) is 18.2 Å². The van der Waals surface area contributed by atoms with Crippen LogP contribution in [0.15, 0.2) is 42.6 Å². The molecule has 7 nitrogen and oxygen atoms in total. The molecule has 2 fully saturated rings. The summed E-state index contributed by atoms with van der Waals surface area (Å²) in [5, 5.41) is 5.26. The minimum Gasteiger partial charge on any atom is -0.384 e. The number of aromatic nitrogens is 1. The zero-order chi connectivity index (χ0) is 24.3. The Morgan fingerprint density at radius 3 is 2.47 bits per heavy atom. The van der Waals surface area contributed by atoms with E-state index in [1.54, 1.807) is 0 Å². The fourth-order valence-electron chi connectivity index (χ4n) is 4.71. The third-order valence-corrected chi connectivity index (χ3v) is 6.63. The molecule has 0 atom stereocenters. The Kier molecular flexibility index (Phi) is 7.06. The van der Waals surface area contributed by atoms with Gasteiger partial charge in [-0.15, -0.1) is 0 Å². The molecule has 0 unspecified atom stereocenters. The maximum absolute atomic E-state index is 12.8. The lowest BCUT2D eigenvalue weighted by Crippen LogP contribution is -2.63. The van der Waals surface area contributed by atoms with E-state index < -0.39 is 17.6 Å². The van der Waals surface area contributed by atoms with E-state index in [4.69, 9.17) is 5.73 Å². The van der Waals surface area contributed by atoms with E-state index in [9.17, 15) is 22.8 Å². The molecular formula is C24H28F3N5O2. The third-order valence-electron chi connectivity index (χ3n) is 6.63. The SMILES string of the molecule is Nc1ccc([C@H]2CC[C@@H](N3CC(NC(=O)CNC(=O)c4cccc(C(F)(F)F)c4)C3)CC2)cn1. The molecule has 0 spiro atoms. The van der Waals surface area contributed by atoms with Gasteiger partial charge in [-0.25, -0.2) is 4.98 Å². The number of likely N-dealkylation sites (tertiary alicyclic amines) is 1. The molecule has 1 aromatic heterocycles. The predicted octanol–water partition coefficient (Wildman–Crippen LogP) is 2.94. The smallest absolute Gasteiger partial charge is 0.384 e. The van der Waals surface area contributed by atoms with Crippen molar-refractivity contribution in [3.8, 4) is 0 Å². The van der Waals surface area contributed by atoms with E-state index in [0.29, 0.717) is 17.8 Å². The Bertz CT molecular complexity index is 1010. The number of nitrogens with one attached hydrogen (secondary N) is 2. The Morgan fingerprint density at radius 1 is 1.09 bits per heavy atom. The maximum Gasteiger partial charge on any atom is 0.416 e. The lowest BCUT2D eigenvalue weighted by atomic mass is 9.81. The van der Waals surface area contributed by atoms with Crippen LogP contribution >= 0.6 is 0 Å². The number of halogens is 3. The normalized spacial score (nSPS) is 21.5. The van der Waals surface area contributed by atoms with Gasteiger partial charge in [-0.3, -0.25) is 14.5 Å². The average Bonchev–Trinajstić information content (AvgIpc) is 2.80. The Morgan fingerprint density at radius 2 is 1.82 bits per heavy atom. The third kappa shape index (κ3) is 5.85. The first-order valence-corrected chi connectivity index (χ1v) is 11.4. The van der Waals surface area contributed by atoms with Crippen LogP contribution in [-0.2, 0) is 11.0 Å². The quantitative estimate of drug-likeness (QED) is 0.597. The highest BCUT2D eigenvalue weighted by Gasteiger charge is 2.35. The second-order valence-electron chi connectivity index (χ2n) is 9.00. The second-order valence-corrected chi connectivity index (χ2v) is 9.00. The number of hydrogen-bond acceptors (Lipinski definition) is 5. The van der Waals surface area contributed by atoms with Gasteiger partial charge in [-0.1, -0.05) is 12.1 Å². The summed E-state index contributed by atoms with van der Waals surface area (Å²) >= 11 is 0. The summed E-state index contributed by atoms with van der Waals surface area (Å²) in [7, 11) is 0. The van der Waals surface area contributed by atoms with Crippen molar-refractivity contribution in [3.05, 3.63) is 59.3 Å². The van der Waals surface area contributed by atoms with Gasteiger partial charge in [-0.2, -0.15) is 13.2 Å². The standard InChI is InChI=1S/C24H28F3N5O2/c25-24(26,27)18-3-1-2-16(10-18)23(34)30-12-22(33)31-19-13-32(14-19)20-7-4-15(5-8-20)17-6-9-21(28)29-11-17/h1-3,6,9-11,15,19-20H,4-5,7-8,12-14H2,(H2,28,29)(H,30,34)(H,31,33)/t15-,20+. The summed E-state index contributed by atoms with van der Waals surface area (Å²) in [5.74, 6) is -0.0445. The predicted molar refractivity (Wildman–Crippen MR) is 121 cm³/mol. The van der Waals surface area contributed by atoms with Crippen molar-refractivity contribution < 1.29 is 22.8 Å². The number of benzene rings is 1. The summed E-state index contributed by atoms with van der Waals surface area (Å²) < 4.78 is 38.4. The van der Waals surface area contributed by atoms with Gasteiger partial charge in [0.1, 0.15) is 5.82 Å². The summed E-state index contributed by atoms with van der Waals surface area (Å²) in [5.41, 5.74) is 5.85. The van der Waals surface area contributed by atoms with Gasteiger partial charge in [0.2, 0.25) is 5.91 Å². The number of pyridine rings is 1. The zero-order valence-electron chi connectivity index (χ0n) is 18.6. The lowest BCUT2D eigenvalue weighted by Gasteiger charge is -2.46. The van der Waals surface area contributed by atoms with E-state index in [0.717, 1.165) is 50.9 Å². The van der Waals surface area contributed by atoms with Crippen molar-refractivity contribution in [3.63, 3.8) is 0 Å². The number of hydrogen-bond donors (Lipinski definition) is 3. The number of nitrogen functional groups attached to an aromatic ring is 1. The minimum atomic E-state index is -4.53. The van der Waals surface area contributed by atoms with Crippen LogP contribution in [0.4, 0.5) is 19.0 Å². The molecule has 4 N–H and O–H groups in total. The maximum atomic E-state index is 12.8. The number of amides is 2. The van der Waals surface area contributed by atoms with E-state index in [2.05, 4.69) is 20.5 Å². The summed E-state index contributed by atoms with van der Waals surface area (Å²) in [6, 6.07) is 8.51. The summed E-state index contributed by atoms with van der Waals surface area (Å²) in [6.45, 7) is 1.23. The van der Waals surface area contributed by atoms with Crippen LogP contribution in [0.1, 0.15) is 53.1 Å². The monoisotopic (exact) mass is 475 g/mol. The van der Waals surface area contributed by atoms with Gasteiger partial charge < -0.3 is 16.4 Å². The molecule has 182 valence electrons. The zero-order valence-corrected chi connectivity index (χ0v) is 18.6. The highest BCUT2D eigenvalue weighted by Crippen LogP contribution is 2.36. The van der Waals surface area contributed by atoms with Crippen LogP contribution in [0.2, 0.25) is 0 Å². The van der Waals surface area contributed by atoms with E-state index in [1.165, 1.54) is 17.7 Å². The minimum absolute atomic E-state index is 0.0111. The number of carbonyl (C=O) groups is 2. The fraction of sp³-hybridized carbons (Fsp3) is 0.458. The van der Waals surface area contributed by atoms with Crippen molar-refractivity contribution >= 4 is 17.6 Å². The topological polar surface area (TPSA) is 100 Å². The first-order valence-electron chi connectivity index (χ1n) is 11.4. The summed E-state index contributed by atoms with van der Waals surface area (Å²) in [4.78, 5) is 30.9.